The first-order valence-electron chi connectivity index (χ1n) is 9.21. The number of nitrogens with zero attached hydrogens (tertiary/aromatic N) is 4. The van der Waals surface area contributed by atoms with E-state index < -0.39 is 4.92 Å². The Balaban J connectivity index is 1.75. The summed E-state index contributed by atoms with van der Waals surface area (Å²) >= 11 is 1.48. The van der Waals surface area contributed by atoms with Crippen molar-refractivity contribution in [1.82, 2.24) is 4.57 Å². The zero-order valence-corrected chi connectivity index (χ0v) is 17.0. The number of rotatable bonds is 6. The van der Waals surface area contributed by atoms with Crippen LogP contribution in [0.2, 0.25) is 0 Å². The zero-order chi connectivity index (χ0) is 20.9. The Kier molecular flexibility index (Phi) is 5.67. The van der Waals surface area contributed by atoms with Gasteiger partial charge in [0.25, 0.3) is 5.69 Å². The van der Waals surface area contributed by atoms with E-state index in [4.69, 9.17) is 4.42 Å². The van der Waals surface area contributed by atoms with E-state index >= 15 is 0 Å². The van der Waals surface area contributed by atoms with Crippen LogP contribution in [0.4, 0.5) is 5.69 Å². The summed E-state index contributed by atoms with van der Waals surface area (Å²) in [7, 11) is 0. The molecule has 0 saturated carbocycles. The van der Waals surface area contributed by atoms with Gasteiger partial charge in [-0.3, -0.25) is 10.1 Å². The first kappa shape index (κ1) is 19.5. The molecule has 4 aromatic rings. The predicted molar refractivity (Wildman–Crippen MR) is 116 cm³/mol. The molecule has 30 heavy (non-hydrogen) atoms. The Morgan fingerprint density at radius 2 is 1.97 bits per heavy atom. The summed E-state index contributed by atoms with van der Waals surface area (Å²) in [4.78, 5) is 11.3. The highest BCUT2D eigenvalue weighted by Crippen LogP contribution is 2.21. The molecule has 0 unspecified atom stereocenters. The third-order valence-corrected chi connectivity index (χ3v) is 5.38. The smallest absolute Gasteiger partial charge is 0.270 e. The number of non-ortho nitro benzene ring substituents is 1. The SMILES string of the molecule is C/C(=N\N=c1/scc(-c2ccccc2)n1Cc1ccco1)c1cccc([N+](=O)[O-])c1. The van der Waals surface area contributed by atoms with Crippen LogP contribution in [-0.2, 0) is 6.54 Å². The van der Waals surface area contributed by atoms with Gasteiger partial charge in [0.1, 0.15) is 5.76 Å². The Morgan fingerprint density at radius 1 is 1.13 bits per heavy atom. The lowest BCUT2D eigenvalue weighted by Crippen LogP contribution is -2.16. The fraction of sp³-hybridized carbons (Fsp3) is 0.0909. The van der Waals surface area contributed by atoms with Gasteiger partial charge in [0.2, 0.25) is 4.80 Å². The molecule has 0 amide bonds. The molecule has 7 nitrogen and oxygen atoms in total. The molecule has 4 rings (SSSR count). The van der Waals surface area contributed by atoms with Gasteiger partial charge < -0.3 is 8.98 Å². The maximum absolute atomic E-state index is 11.0. The van der Waals surface area contributed by atoms with Crippen molar-refractivity contribution in [3.8, 4) is 11.3 Å². The molecule has 0 N–H and O–H groups in total. The number of hydrogen-bond acceptors (Lipinski definition) is 6. The van der Waals surface area contributed by atoms with Gasteiger partial charge in [-0.25, -0.2) is 0 Å². The highest BCUT2D eigenvalue weighted by atomic mass is 32.1. The second kappa shape index (κ2) is 8.71. The minimum atomic E-state index is -0.420. The lowest BCUT2D eigenvalue weighted by molar-refractivity contribution is -0.384. The average molecular weight is 418 g/mol. The van der Waals surface area contributed by atoms with Gasteiger partial charge in [0.05, 0.1) is 29.1 Å². The van der Waals surface area contributed by atoms with Crippen molar-refractivity contribution in [3.63, 3.8) is 0 Å². The van der Waals surface area contributed by atoms with E-state index in [0.29, 0.717) is 22.6 Å². The maximum Gasteiger partial charge on any atom is 0.270 e. The molecule has 0 fully saturated rings. The van der Waals surface area contributed by atoms with Crippen molar-refractivity contribution in [2.45, 2.75) is 13.5 Å². The number of thiazole rings is 1. The van der Waals surface area contributed by atoms with E-state index in [1.807, 2.05) is 52.4 Å². The quantitative estimate of drug-likeness (QED) is 0.248. The third kappa shape index (κ3) is 4.28. The summed E-state index contributed by atoms with van der Waals surface area (Å²) in [6, 6.07) is 20.2. The van der Waals surface area contributed by atoms with Crippen LogP contribution in [0.3, 0.4) is 0 Å². The van der Waals surface area contributed by atoms with Crippen LogP contribution in [0.15, 0.2) is 93.0 Å². The van der Waals surface area contributed by atoms with E-state index in [1.165, 1.54) is 23.5 Å². The van der Waals surface area contributed by atoms with Crippen molar-refractivity contribution < 1.29 is 9.34 Å². The molecule has 0 bridgehead atoms. The van der Waals surface area contributed by atoms with Crippen LogP contribution < -0.4 is 4.80 Å². The summed E-state index contributed by atoms with van der Waals surface area (Å²) in [5, 5.41) is 21.8. The molecular weight excluding hydrogens is 400 g/mol. The van der Waals surface area contributed by atoms with Crippen molar-refractivity contribution in [1.29, 1.82) is 0 Å². The van der Waals surface area contributed by atoms with Gasteiger partial charge in [-0.2, -0.15) is 5.10 Å². The van der Waals surface area contributed by atoms with Gasteiger partial charge in [-0.15, -0.1) is 16.4 Å². The highest BCUT2D eigenvalue weighted by Gasteiger charge is 2.11. The summed E-state index contributed by atoms with van der Waals surface area (Å²) in [6.07, 6.45) is 1.64. The monoisotopic (exact) mass is 418 g/mol. The van der Waals surface area contributed by atoms with Gasteiger partial charge in [-0.1, -0.05) is 42.5 Å². The predicted octanol–water partition coefficient (Wildman–Crippen LogP) is 5.09. The second-order valence-corrected chi connectivity index (χ2v) is 7.36. The van der Waals surface area contributed by atoms with Gasteiger partial charge in [0.15, 0.2) is 0 Å². The molecular formula is C22H18N4O3S. The van der Waals surface area contributed by atoms with Crippen LogP contribution in [0.1, 0.15) is 18.2 Å². The van der Waals surface area contributed by atoms with Crippen LogP contribution in [0, 0.1) is 10.1 Å². The third-order valence-electron chi connectivity index (χ3n) is 4.52. The van der Waals surface area contributed by atoms with Crippen LogP contribution in [-0.4, -0.2) is 15.2 Å². The summed E-state index contributed by atoms with van der Waals surface area (Å²) in [5.74, 6) is 0.811. The lowest BCUT2D eigenvalue weighted by Gasteiger charge is -2.07. The first-order chi connectivity index (χ1) is 14.6. The second-order valence-electron chi connectivity index (χ2n) is 6.53. The minimum Gasteiger partial charge on any atom is -0.467 e. The fourth-order valence-electron chi connectivity index (χ4n) is 2.98. The largest absolute Gasteiger partial charge is 0.467 e. The Morgan fingerprint density at radius 3 is 2.70 bits per heavy atom. The van der Waals surface area contributed by atoms with E-state index in [1.54, 1.807) is 25.3 Å². The topological polar surface area (TPSA) is 85.9 Å². The molecule has 8 heteroatoms. The normalized spacial score (nSPS) is 12.3. The average Bonchev–Trinajstić information content (AvgIpc) is 3.43. The molecule has 2 heterocycles. The minimum absolute atomic E-state index is 0.0254. The number of benzene rings is 2. The standard InChI is InChI=1S/C22H18N4O3S/c1-16(18-9-5-10-19(13-18)26(27)28)23-24-22-25(14-20-11-6-12-29-20)21(15-30-22)17-7-3-2-4-8-17/h2-13,15H,14H2,1H3/b23-16+,24-22-. The molecule has 0 atom stereocenters. The van der Waals surface area contributed by atoms with Crippen molar-refractivity contribution in [3.05, 3.63) is 105 Å². The molecule has 0 saturated heterocycles. The van der Waals surface area contributed by atoms with Crippen LogP contribution >= 0.6 is 11.3 Å². The highest BCUT2D eigenvalue weighted by molar-refractivity contribution is 7.07. The van der Waals surface area contributed by atoms with Gasteiger partial charge in [-0.05, 0) is 24.6 Å². The Labute approximate surface area is 176 Å². The first-order valence-corrected chi connectivity index (χ1v) is 10.1. The zero-order valence-electron chi connectivity index (χ0n) is 16.1. The molecule has 0 aliphatic rings. The molecule has 150 valence electrons. The van der Waals surface area contributed by atoms with Crippen LogP contribution in [0.5, 0.6) is 0 Å². The van der Waals surface area contributed by atoms with E-state index in [9.17, 15) is 10.1 Å². The molecule has 2 aromatic heterocycles. The van der Waals surface area contributed by atoms with E-state index in [-0.39, 0.29) is 5.69 Å². The number of aromatic nitrogens is 1. The van der Waals surface area contributed by atoms with Crippen molar-refractivity contribution >= 4 is 22.7 Å². The maximum atomic E-state index is 11.0. The van der Waals surface area contributed by atoms with E-state index in [2.05, 4.69) is 10.2 Å². The summed E-state index contributed by atoms with van der Waals surface area (Å²) in [6.45, 7) is 2.30. The molecule has 0 aliphatic carbocycles. The van der Waals surface area contributed by atoms with E-state index in [0.717, 1.165) is 17.0 Å². The lowest BCUT2D eigenvalue weighted by atomic mass is 10.1. The fourth-order valence-corrected chi connectivity index (χ4v) is 3.84. The molecule has 0 spiro atoms. The molecule has 0 aliphatic heterocycles. The Bertz CT molecular complexity index is 1260. The van der Waals surface area contributed by atoms with Crippen LogP contribution in [0.25, 0.3) is 11.3 Å². The van der Waals surface area contributed by atoms with Gasteiger partial charge in [0, 0.05) is 23.1 Å². The van der Waals surface area contributed by atoms with Gasteiger partial charge >= 0.3 is 0 Å². The number of furan rings is 1. The molecule has 0 radical (unpaired) electrons. The summed E-state index contributed by atoms with van der Waals surface area (Å²) < 4.78 is 7.57. The number of nitro benzene ring substituents is 1. The summed E-state index contributed by atoms with van der Waals surface area (Å²) in [5.41, 5.74) is 3.36. The van der Waals surface area contributed by atoms with Crippen molar-refractivity contribution in [2.75, 3.05) is 0 Å². The molecule has 2 aromatic carbocycles. The number of nitro groups is 1. The number of hydrogen-bond donors (Lipinski definition) is 0. The Hall–Kier alpha value is -3.78. The van der Waals surface area contributed by atoms with Crippen molar-refractivity contribution in [2.24, 2.45) is 10.2 Å².